The molecule has 0 aliphatic rings. The molecule has 0 fully saturated rings. The zero-order chi connectivity index (χ0) is 25.7. The monoisotopic (exact) mass is 473 g/mol. The van der Waals surface area contributed by atoms with Crippen LogP contribution in [0.3, 0.4) is 0 Å². The first-order chi connectivity index (χ1) is 15.7. The van der Waals surface area contributed by atoms with E-state index in [-0.39, 0.29) is 18.9 Å². The van der Waals surface area contributed by atoms with Crippen molar-refractivity contribution in [3.05, 3.63) is 48.0 Å². The third-order valence-corrected chi connectivity index (χ3v) is 4.97. The Morgan fingerprint density at radius 2 is 1.68 bits per heavy atom. The highest BCUT2D eigenvalue weighted by molar-refractivity contribution is 5.88. The van der Waals surface area contributed by atoms with Crippen LogP contribution < -0.4 is 11.1 Å². The van der Waals surface area contributed by atoms with Gasteiger partial charge in [0.1, 0.15) is 11.6 Å². The fraction of sp³-hybridized carbons (Fsp3) is 0.480. The molecule has 0 radical (unpaired) electrons. The summed E-state index contributed by atoms with van der Waals surface area (Å²) in [6.07, 6.45) is 0.150. The molecule has 34 heavy (non-hydrogen) atoms. The lowest BCUT2D eigenvalue weighted by molar-refractivity contribution is -0.185. The van der Waals surface area contributed by atoms with Crippen molar-refractivity contribution in [3.63, 3.8) is 0 Å². The number of nitrogens with zero attached hydrogens (tertiary/aromatic N) is 1. The number of nitrogens with one attached hydrogen (secondary N) is 1. The van der Waals surface area contributed by atoms with Crippen LogP contribution >= 0.6 is 0 Å². The molecule has 3 amide bonds. The fourth-order valence-electron chi connectivity index (χ4n) is 3.50. The maximum absolute atomic E-state index is 13.1. The Hall–Kier alpha value is -3.17. The van der Waals surface area contributed by atoms with Gasteiger partial charge in [-0.2, -0.15) is 0 Å². The average Bonchev–Trinajstić information content (AvgIpc) is 2.71. The first-order valence-electron chi connectivity index (χ1n) is 11.2. The van der Waals surface area contributed by atoms with Crippen LogP contribution in [-0.4, -0.2) is 63.5 Å². The lowest BCUT2D eigenvalue weighted by atomic mass is 9.98. The van der Waals surface area contributed by atoms with Crippen molar-refractivity contribution < 1.29 is 29.3 Å². The van der Waals surface area contributed by atoms with E-state index in [4.69, 9.17) is 10.5 Å². The van der Waals surface area contributed by atoms with Gasteiger partial charge in [-0.1, -0.05) is 56.3 Å². The summed E-state index contributed by atoms with van der Waals surface area (Å²) in [5.41, 5.74) is 5.10. The number of hydrogen-bond acceptors (Lipinski definition) is 6. The van der Waals surface area contributed by atoms with E-state index in [0.717, 1.165) is 21.2 Å². The van der Waals surface area contributed by atoms with Crippen LogP contribution in [0.25, 0.3) is 10.8 Å². The molecule has 1 atom stereocenters. The second-order valence-corrected chi connectivity index (χ2v) is 9.83. The van der Waals surface area contributed by atoms with Crippen LogP contribution in [0.5, 0.6) is 0 Å². The number of hydrogen-bond donors (Lipinski definition) is 4. The van der Waals surface area contributed by atoms with Gasteiger partial charge < -0.3 is 30.9 Å². The van der Waals surface area contributed by atoms with Gasteiger partial charge in [0.15, 0.2) is 0 Å². The number of amides is 3. The van der Waals surface area contributed by atoms with E-state index in [2.05, 4.69) is 5.32 Å². The highest BCUT2D eigenvalue weighted by atomic mass is 16.6. The Bertz CT molecular complexity index is 1020. The molecule has 0 saturated heterocycles. The molecule has 0 bridgehead atoms. The van der Waals surface area contributed by atoms with Crippen molar-refractivity contribution >= 4 is 28.7 Å². The molecular weight excluding hydrogens is 438 g/mol. The molecule has 0 aromatic heterocycles. The van der Waals surface area contributed by atoms with Crippen molar-refractivity contribution in [2.24, 2.45) is 11.7 Å². The van der Waals surface area contributed by atoms with E-state index in [1.807, 2.05) is 56.3 Å². The molecule has 186 valence electrons. The molecule has 5 N–H and O–H groups in total. The van der Waals surface area contributed by atoms with E-state index < -0.39 is 41.9 Å². The van der Waals surface area contributed by atoms with E-state index in [0.29, 0.717) is 0 Å². The third kappa shape index (κ3) is 7.71. The first kappa shape index (κ1) is 27.1. The summed E-state index contributed by atoms with van der Waals surface area (Å²) in [7, 11) is 0. The molecule has 2 aromatic carbocycles. The second-order valence-electron chi connectivity index (χ2n) is 9.83. The first-order valence-corrected chi connectivity index (χ1v) is 11.2. The van der Waals surface area contributed by atoms with Gasteiger partial charge in [-0.05, 0) is 43.0 Å². The van der Waals surface area contributed by atoms with Gasteiger partial charge in [0, 0.05) is 13.0 Å². The number of carbonyl (C=O) groups is 3. The molecule has 9 nitrogen and oxygen atoms in total. The van der Waals surface area contributed by atoms with Gasteiger partial charge in [-0.3, -0.25) is 4.79 Å². The molecule has 9 heteroatoms. The number of carbonyl (C=O) groups excluding carboxylic acids is 3. The highest BCUT2D eigenvalue weighted by Gasteiger charge is 2.37. The molecule has 0 saturated carbocycles. The van der Waals surface area contributed by atoms with E-state index in [9.17, 15) is 24.6 Å². The number of primary amides is 1. The van der Waals surface area contributed by atoms with Crippen molar-refractivity contribution in [1.82, 2.24) is 10.2 Å². The SMILES string of the molecule is CC(C)CN(CC(O)(O)C(N)=O)C(=O)NC(Cc1cccc2ccccc12)C(=O)OC(C)(C)C. The van der Waals surface area contributed by atoms with Crippen molar-refractivity contribution in [2.45, 2.75) is 58.5 Å². The van der Waals surface area contributed by atoms with Crippen LogP contribution in [0.1, 0.15) is 40.2 Å². The van der Waals surface area contributed by atoms with Gasteiger partial charge >= 0.3 is 12.0 Å². The number of rotatable bonds is 9. The molecule has 0 spiro atoms. The molecule has 2 rings (SSSR count). The second kappa shape index (κ2) is 10.8. The summed E-state index contributed by atoms with van der Waals surface area (Å²) < 4.78 is 5.54. The zero-order valence-corrected chi connectivity index (χ0v) is 20.4. The summed E-state index contributed by atoms with van der Waals surface area (Å²) in [6.45, 7) is 8.17. The van der Waals surface area contributed by atoms with Gasteiger partial charge in [-0.15, -0.1) is 0 Å². The maximum atomic E-state index is 13.1. The average molecular weight is 474 g/mol. The van der Waals surface area contributed by atoms with Crippen LogP contribution in [0.4, 0.5) is 4.79 Å². The summed E-state index contributed by atoms with van der Waals surface area (Å²) >= 11 is 0. The molecule has 0 aliphatic carbocycles. The number of ether oxygens (including phenoxy) is 1. The summed E-state index contributed by atoms with van der Waals surface area (Å²) in [6, 6.07) is 11.6. The predicted octanol–water partition coefficient (Wildman–Crippen LogP) is 1.93. The van der Waals surface area contributed by atoms with Gasteiger partial charge in [-0.25, -0.2) is 9.59 Å². The maximum Gasteiger partial charge on any atom is 0.329 e. The van der Waals surface area contributed by atoms with Gasteiger partial charge in [0.2, 0.25) is 0 Å². The number of benzene rings is 2. The van der Waals surface area contributed by atoms with Crippen LogP contribution in [0.2, 0.25) is 0 Å². The minimum Gasteiger partial charge on any atom is -0.458 e. The van der Waals surface area contributed by atoms with Gasteiger partial charge in [0.25, 0.3) is 11.7 Å². The quantitative estimate of drug-likeness (QED) is 0.324. The standard InChI is InChI=1S/C25H35N3O6/c1-16(2)14-28(15-25(32,33)22(26)30)23(31)27-20(21(29)34-24(3,4)5)13-18-11-8-10-17-9-6-7-12-19(17)18/h6-12,16,20,32-33H,13-15H2,1-5H3,(H2,26,30)(H,27,31). The normalized spacial score (nSPS) is 12.9. The van der Waals surface area contributed by atoms with Crippen molar-refractivity contribution in [2.75, 3.05) is 13.1 Å². The van der Waals surface area contributed by atoms with Crippen molar-refractivity contribution in [1.29, 1.82) is 0 Å². The largest absolute Gasteiger partial charge is 0.458 e. The Morgan fingerprint density at radius 1 is 1.06 bits per heavy atom. The number of urea groups is 1. The van der Waals surface area contributed by atoms with Crippen LogP contribution in [0, 0.1) is 5.92 Å². The Morgan fingerprint density at radius 3 is 2.26 bits per heavy atom. The molecule has 0 heterocycles. The van der Waals surface area contributed by atoms with E-state index in [1.54, 1.807) is 20.8 Å². The molecule has 1 unspecified atom stereocenters. The topological polar surface area (TPSA) is 142 Å². The molecule has 0 aliphatic heterocycles. The van der Waals surface area contributed by atoms with Crippen LogP contribution in [0.15, 0.2) is 42.5 Å². The lowest BCUT2D eigenvalue weighted by Gasteiger charge is -2.32. The zero-order valence-electron chi connectivity index (χ0n) is 20.4. The summed E-state index contributed by atoms with van der Waals surface area (Å²) in [4.78, 5) is 38.6. The molecular formula is C25H35N3O6. The smallest absolute Gasteiger partial charge is 0.329 e. The number of esters is 1. The number of aliphatic hydroxyl groups is 2. The van der Waals surface area contributed by atoms with Crippen molar-refractivity contribution in [3.8, 4) is 0 Å². The summed E-state index contributed by atoms with van der Waals surface area (Å²) in [5, 5.41) is 24.5. The minimum atomic E-state index is -2.91. The van der Waals surface area contributed by atoms with E-state index >= 15 is 0 Å². The minimum absolute atomic E-state index is 0.0625. The Labute approximate surface area is 199 Å². The third-order valence-electron chi connectivity index (χ3n) is 4.97. The Balaban J connectivity index is 2.36. The summed E-state index contributed by atoms with van der Waals surface area (Å²) in [5.74, 6) is -4.99. The predicted molar refractivity (Wildman–Crippen MR) is 129 cm³/mol. The lowest BCUT2D eigenvalue weighted by Crippen LogP contribution is -2.58. The van der Waals surface area contributed by atoms with Gasteiger partial charge in [0.05, 0.1) is 6.54 Å². The van der Waals surface area contributed by atoms with Crippen LogP contribution in [-0.2, 0) is 20.7 Å². The Kier molecular flexibility index (Phi) is 8.63. The molecule has 2 aromatic rings. The highest BCUT2D eigenvalue weighted by Crippen LogP contribution is 2.21. The number of fused-ring (bicyclic) bond motifs is 1. The van der Waals surface area contributed by atoms with E-state index in [1.165, 1.54) is 0 Å². The number of nitrogens with two attached hydrogens (primary N) is 1. The fourth-order valence-corrected chi connectivity index (χ4v) is 3.50.